The zero-order chi connectivity index (χ0) is 12.5. The van der Waals surface area contributed by atoms with Crippen LogP contribution >= 0.6 is 12.2 Å². The molecule has 0 aliphatic carbocycles. The van der Waals surface area contributed by atoms with E-state index in [1.54, 1.807) is 0 Å². The van der Waals surface area contributed by atoms with E-state index in [-0.39, 0.29) is 0 Å². The fraction of sp³-hybridized carbons (Fsp3) is 0.400. The number of hydrogen-bond donors (Lipinski definition) is 0. The van der Waals surface area contributed by atoms with E-state index in [4.69, 9.17) is 12.2 Å². The molecule has 1 rings (SSSR count). The molecule has 1 aromatic rings. The van der Waals surface area contributed by atoms with Gasteiger partial charge in [0, 0.05) is 13.1 Å². The van der Waals surface area contributed by atoms with Crippen LogP contribution in [0.25, 0.3) is 6.08 Å². The Morgan fingerprint density at radius 2 is 2.00 bits per heavy atom. The summed E-state index contributed by atoms with van der Waals surface area (Å²) in [7, 11) is 0. The van der Waals surface area contributed by atoms with Crippen LogP contribution in [0.4, 0.5) is 0 Å². The summed E-state index contributed by atoms with van der Waals surface area (Å²) in [6.45, 7) is 6.17. The van der Waals surface area contributed by atoms with Gasteiger partial charge in [0.05, 0.1) is 4.99 Å². The van der Waals surface area contributed by atoms with Crippen molar-refractivity contribution in [3.05, 3.63) is 42.0 Å². The molecule has 0 N–H and O–H groups in total. The summed E-state index contributed by atoms with van der Waals surface area (Å²) in [4.78, 5) is 3.23. The molecule has 0 heterocycles. The normalized spacial score (nSPS) is 10.7. The van der Waals surface area contributed by atoms with Gasteiger partial charge in [-0.15, -0.1) is 0 Å². The molecule has 0 bridgehead atoms. The molecule has 0 spiro atoms. The largest absolute Gasteiger partial charge is 0.363 e. The smallest absolute Gasteiger partial charge is 0.0750 e. The molecule has 0 radical (unpaired) electrons. The van der Waals surface area contributed by atoms with Crippen molar-refractivity contribution in [3.8, 4) is 0 Å². The molecule has 0 aliphatic rings. The van der Waals surface area contributed by atoms with E-state index < -0.39 is 0 Å². The van der Waals surface area contributed by atoms with Gasteiger partial charge in [0.15, 0.2) is 0 Å². The molecule has 0 aliphatic heterocycles. The first kappa shape index (κ1) is 13.9. The first-order valence-electron chi connectivity index (χ1n) is 6.21. The Balaban J connectivity index is 2.46. The predicted octanol–water partition coefficient (Wildman–Crippen LogP) is 4.15. The van der Waals surface area contributed by atoms with Crippen molar-refractivity contribution in [3.63, 3.8) is 0 Å². The Hall–Kier alpha value is -1.15. The number of nitrogens with zero attached hydrogens (tertiary/aromatic N) is 1. The lowest BCUT2D eigenvalue weighted by molar-refractivity contribution is 0.452. The molecule has 17 heavy (non-hydrogen) atoms. The summed E-state index contributed by atoms with van der Waals surface area (Å²) < 4.78 is 0. The fourth-order valence-electron chi connectivity index (χ4n) is 1.61. The van der Waals surface area contributed by atoms with E-state index in [2.05, 4.69) is 48.2 Å². The highest BCUT2D eigenvalue weighted by Gasteiger charge is 2.01. The second-order valence-electron chi connectivity index (χ2n) is 4.13. The van der Waals surface area contributed by atoms with Crippen LogP contribution in [-0.2, 0) is 0 Å². The van der Waals surface area contributed by atoms with Crippen LogP contribution in [0.15, 0.2) is 36.4 Å². The third kappa shape index (κ3) is 5.64. The first-order chi connectivity index (χ1) is 8.24. The maximum Gasteiger partial charge on any atom is 0.0750 e. The highest BCUT2D eigenvalue weighted by Crippen LogP contribution is 2.03. The maximum absolute atomic E-state index is 5.25. The van der Waals surface area contributed by atoms with Crippen molar-refractivity contribution < 1.29 is 0 Å². The number of unbranched alkanes of at least 4 members (excludes halogenated alkanes) is 1. The van der Waals surface area contributed by atoms with Crippen LogP contribution in [0.2, 0.25) is 0 Å². The molecule has 1 aromatic carbocycles. The molecule has 0 aromatic heterocycles. The SMILES string of the molecule is CCCCN(C/C=C/c1ccccc1)C(C)=S. The van der Waals surface area contributed by atoms with Crippen molar-refractivity contribution in [1.82, 2.24) is 4.90 Å². The molecular weight excluding hydrogens is 226 g/mol. The van der Waals surface area contributed by atoms with Gasteiger partial charge in [0.2, 0.25) is 0 Å². The van der Waals surface area contributed by atoms with Crippen LogP contribution in [0, 0.1) is 0 Å². The van der Waals surface area contributed by atoms with E-state index >= 15 is 0 Å². The minimum absolute atomic E-state index is 0.907. The second kappa shape index (κ2) is 8.02. The fourth-order valence-corrected chi connectivity index (χ4v) is 1.77. The zero-order valence-electron chi connectivity index (χ0n) is 10.7. The lowest BCUT2D eigenvalue weighted by Gasteiger charge is -2.21. The molecule has 0 amide bonds. The Morgan fingerprint density at radius 3 is 2.59 bits per heavy atom. The summed E-state index contributed by atoms with van der Waals surface area (Å²) in [5.41, 5.74) is 1.24. The minimum atomic E-state index is 0.907. The minimum Gasteiger partial charge on any atom is -0.363 e. The number of rotatable bonds is 6. The van der Waals surface area contributed by atoms with Gasteiger partial charge in [0.1, 0.15) is 0 Å². The van der Waals surface area contributed by atoms with Crippen LogP contribution in [0.5, 0.6) is 0 Å². The number of thiocarbonyl (C=S) groups is 1. The zero-order valence-corrected chi connectivity index (χ0v) is 11.5. The Labute approximate surface area is 110 Å². The van der Waals surface area contributed by atoms with Crippen LogP contribution in [-0.4, -0.2) is 23.0 Å². The molecular formula is C15H21NS. The average molecular weight is 247 g/mol. The molecule has 0 fully saturated rings. The Kier molecular flexibility index (Phi) is 6.56. The number of hydrogen-bond acceptors (Lipinski definition) is 1. The lowest BCUT2D eigenvalue weighted by atomic mass is 10.2. The Bertz CT molecular complexity index is 356. The van der Waals surface area contributed by atoms with Crippen molar-refractivity contribution >= 4 is 23.3 Å². The predicted molar refractivity (Wildman–Crippen MR) is 80.2 cm³/mol. The maximum atomic E-state index is 5.25. The monoisotopic (exact) mass is 247 g/mol. The topological polar surface area (TPSA) is 3.24 Å². The molecule has 0 saturated carbocycles. The van der Waals surface area contributed by atoms with Gasteiger partial charge >= 0.3 is 0 Å². The standard InChI is InChI=1S/C15H21NS/c1-3-4-12-16(14(2)17)13-8-11-15-9-6-5-7-10-15/h5-11H,3-4,12-13H2,1-2H3/b11-8+. The summed E-state index contributed by atoms with van der Waals surface area (Å²) >= 11 is 5.25. The second-order valence-corrected chi connectivity index (χ2v) is 4.72. The van der Waals surface area contributed by atoms with Crippen molar-refractivity contribution in [1.29, 1.82) is 0 Å². The summed E-state index contributed by atoms with van der Waals surface area (Å²) in [5, 5.41) is 0. The third-order valence-corrected chi connectivity index (χ3v) is 2.92. The van der Waals surface area contributed by atoms with Gasteiger partial charge < -0.3 is 4.90 Å². The molecule has 92 valence electrons. The van der Waals surface area contributed by atoms with Gasteiger partial charge in [-0.3, -0.25) is 0 Å². The van der Waals surface area contributed by atoms with E-state index in [0.717, 1.165) is 18.1 Å². The lowest BCUT2D eigenvalue weighted by Crippen LogP contribution is -2.28. The quantitative estimate of drug-likeness (QED) is 0.695. The third-order valence-electron chi connectivity index (χ3n) is 2.66. The van der Waals surface area contributed by atoms with Gasteiger partial charge in [-0.1, -0.05) is 68.0 Å². The van der Waals surface area contributed by atoms with Crippen LogP contribution < -0.4 is 0 Å². The van der Waals surface area contributed by atoms with Crippen molar-refractivity contribution in [2.75, 3.05) is 13.1 Å². The average Bonchev–Trinajstić information content (AvgIpc) is 2.34. The van der Waals surface area contributed by atoms with Crippen molar-refractivity contribution in [2.45, 2.75) is 26.7 Å². The van der Waals surface area contributed by atoms with E-state index in [1.807, 2.05) is 13.0 Å². The summed E-state index contributed by atoms with van der Waals surface area (Å²) in [5.74, 6) is 0. The molecule has 2 heteroatoms. The molecule has 0 atom stereocenters. The number of benzene rings is 1. The van der Waals surface area contributed by atoms with E-state index in [9.17, 15) is 0 Å². The first-order valence-corrected chi connectivity index (χ1v) is 6.62. The molecule has 1 nitrogen and oxygen atoms in total. The highest BCUT2D eigenvalue weighted by molar-refractivity contribution is 7.80. The van der Waals surface area contributed by atoms with Gasteiger partial charge in [-0.05, 0) is 18.9 Å². The summed E-state index contributed by atoms with van der Waals surface area (Å²) in [6.07, 6.45) is 6.74. The Morgan fingerprint density at radius 1 is 1.29 bits per heavy atom. The molecule has 0 unspecified atom stereocenters. The molecule has 0 saturated heterocycles. The van der Waals surface area contributed by atoms with Crippen molar-refractivity contribution in [2.24, 2.45) is 0 Å². The van der Waals surface area contributed by atoms with Gasteiger partial charge in [-0.2, -0.15) is 0 Å². The van der Waals surface area contributed by atoms with E-state index in [0.29, 0.717) is 0 Å². The van der Waals surface area contributed by atoms with Crippen LogP contribution in [0.3, 0.4) is 0 Å². The van der Waals surface area contributed by atoms with E-state index in [1.165, 1.54) is 18.4 Å². The highest BCUT2D eigenvalue weighted by atomic mass is 32.1. The van der Waals surface area contributed by atoms with Gasteiger partial charge in [-0.25, -0.2) is 0 Å². The van der Waals surface area contributed by atoms with Crippen LogP contribution in [0.1, 0.15) is 32.3 Å². The van der Waals surface area contributed by atoms with Gasteiger partial charge in [0.25, 0.3) is 0 Å². The summed E-state index contributed by atoms with van der Waals surface area (Å²) in [6, 6.07) is 10.4.